The van der Waals surface area contributed by atoms with Crippen molar-refractivity contribution in [2.75, 3.05) is 5.32 Å². The highest BCUT2D eigenvalue weighted by Crippen LogP contribution is 2.29. The predicted octanol–water partition coefficient (Wildman–Crippen LogP) is 5.11. The van der Waals surface area contributed by atoms with Gasteiger partial charge in [0.05, 0.1) is 11.3 Å². The zero-order valence-corrected chi connectivity index (χ0v) is 12.5. The molecule has 2 aromatic carbocycles. The zero-order chi connectivity index (χ0) is 14.0. The van der Waals surface area contributed by atoms with Crippen molar-refractivity contribution < 1.29 is 8.78 Å². The van der Waals surface area contributed by atoms with Gasteiger partial charge in [0.1, 0.15) is 11.8 Å². The topological polar surface area (TPSA) is 35.8 Å². The van der Waals surface area contributed by atoms with Gasteiger partial charge in [-0.15, -0.1) is 0 Å². The fourth-order valence-electron chi connectivity index (χ4n) is 1.51. The van der Waals surface area contributed by atoms with E-state index < -0.39 is 11.6 Å². The minimum Gasteiger partial charge on any atom is -0.350 e. The van der Waals surface area contributed by atoms with Gasteiger partial charge in [0.2, 0.25) is 0 Å². The van der Waals surface area contributed by atoms with Crippen LogP contribution in [0.2, 0.25) is 0 Å². The second-order valence-electron chi connectivity index (χ2n) is 3.67. The van der Waals surface area contributed by atoms with Crippen LogP contribution in [0.4, 0.5) is 20.2 Å². The number of anilines is 2. The van der Waals surface area contributed by atoms with Gasteiger partial charge < -0.3 is 5.32 Å². The lowest BCUT2D eigenvalue weighted by atomic mass is 10.2. The Kier molecular flexibility index (Phi) is 4.17. The number of nitrogens with zero attached hydrogens (tertiary/aromatic N) is 1. The van der Waals surface area contributed by atoms with Crippen LogP contribution in [0.1, 0.15) is 5.56 Å². The molecule has 0 unspecified atom stereocenters. The molecule has 0 saturated heterocycles. The highest BCUT2D eigenvalue weighted by molar-refractivity contribution is 9.10. The second kappa shape index (κ2) is 5.68. The molecule has 0 aliphatic heterocycles. The second-order valence-corrected chi connectivity index (χ2v) is 5.50. The Hall–Kier alpha value is -1.45. The average Bonchev–Trinajstić information content (AvgIpc) is 2.35. The number of nitrogens with one attached hydrogen (secondary N) is 1. The van der Waals surface area contributed by atoms with E-state index in [1.165, 1.54) is 0 Å². The number of nitriles is 1. The fourth-order valence-corrected chi connectivity index (χ4v) is 2.28. The Morgan fingerprint density at radius 3 is 2.21 bits per heavy atom. The maximum atomic E-state index is 13.7. The molecule has 6 heteroatoms. The van der Waals surface area contributed by atoms with Crippen LogP contribution >= 0.6 is 31.9 Å². The number of hydrogen-bond acceptors (Lipinski definition) is 2. The molecular weight excluding hydrogens is 382 g/mol. The molecule has 2 nitrogen and oxygen atoms in total. The molecule has 0 amide bonds. The third-order valence-corrected chi connectivity index (χ3v) is 3.32. The van der Waals surface area contributed by atoms with Crippen molar-refractivity contribution in [3.63, 3.8) is 0 Å². The van der Waals surface area contributed by atoms with E-state index >= 15 is 0 Å². The minimum absolute atomic E-state index is 0.288. The van der Waals surface area contributed by atoms with Gasteiger partial charge in [-0.25, -0.2) is 8.78 Å². The lowest BCUT2D eigenvalue weighted by molar-refractivity contribution is 0.589. The van der Waals surface area contributed by atoms with E-state index in [-0.39, 0.29) is 11.3 Å². The van der Waals surface area contributed by atoms with Crippen LogP contribution in [0.25, 0.3) is 0 Å². The molecule has 2 aromatic rings. The van der Waals surface area contributed by atoms with E-state index in [4.69, 9.17) is 5.26 Å². The lowest BCUT2D eigenvalue weighted by Crippen LogP contribution is -1.99. The molecule has 96 valence electrons. The molecule has 0 saturated carbocycles. The van der Waals surface area contributed by atoms with Crippen molar-refractivity contribution in [2.45, 2.75) is 0 Å². The van der Waals surface area contributed by atoms with E-state index in [9.17, 15) is 8.78 Å². The van der Waals surface area contributed by atoms with Gasteiger partial charge in [-0.1, -0.05) is 31.9 Å². The smallest absolute Gasteiger partial charge is 0.150 e. The normalized spacial score (nSPS) is 10.1. The third kappa shape index (κ3) is 3.11. The van der Waals surface area contributed by atoms with Crippen LogP contribution < -0.4 is 5.32 Å². The molecule has 2 rings (SSSR count). The van der Waals surface area contributed by atoms with Crippen LogP contribution in [0, 0.1) is 23.0 Å². The molecule has 0 atom stereocenters. The molecule has 0 spiro atoms. The monoisotopic (exact) mass is 386 g/mol. The summed E-state index contributed by atoms with van der Waals surface area (Å²) >= 11 is 6.23. The molecule has 0 aromatic heterocycles. The van der Waals surface area contributed by atoms with Crippen molar-refractivity contribution in [1.29, 1.82) is 5.26 Å². The van der Waals surface area contributed by atoms with Crippen LogP contribution in [0.5, 0.6) is 0 Å². The third-order valence-electron chi connectivity index (χ3n) is 2.37. The maximum absolute atomic E-state index is 13.7. The quantitative estimate of drug-likeness (QED) is 0.777. The van der Waals surface area contributed by atoms with E-state index in [1.54, 1.807) is 18.2 Å². The summed E-state index contributed by atoms with van der Waals surface area (Å²) in [6.07, 6.45) is 0. The maximum Gasteiger partial charge on any atom is 0.150 e. The van der Waals surface area contributed by atoms with Gasteiger partial charge in [-0.3, -0.25) is 0 Å². The van der Waals surface area contributed by atoms with Gasteiger partial charge >= 0.3 is 0 Å². The van der Waals surface area contributed by atoms with E-state index in [0.717, 1.165) is 12.1 Å². The summed E-state index contributed by atoms with van der Waals surface area (Å²) in [5.74, 6) is -1.47. The summed E-state index contributed by atoms with van der Waals surface area (Å²) < 4.78 is 28.4. The summed E-state index contributed by atoms with van der Waals surface area (Å²) in [6, 6.07) is 9.08. The highest BCUT2D eigenvalue weighted by atomic mass is 79.9. The van der Waals surface area contributed by atoms with E-state index in [1.807, 2.05) is 6.07 Å². The highest BCUT2D eigenvalue weighted by Gasteiger charge is 2.12. The summed E-state index contributed by atoms with van der Waals surface area (Å²) in [4.78, 5) is 0. The summed E-state index contributed by atoms with van der Waals surface area (Å²) in [5.41, 5.74) is 0.337. The SMILES string of the molecule is N#Cc1cc(Br)ccc1Nc1c(F)cc(Br)cc1F. The lowest BCUT2D eigenvalue weighted by Gasteiger charge is -2.11. The molecule has 0 aliphatic rings. The van der Waals surface area contributed by atoms with E-state index in [0.29, 0.717) is 14.6 Å². The van der Waals surface area contributed by atoms with Crippen molar-refractivity contribution in [3.8, 4) is 6.07 Å². The average molecular weight is 388 g/mol. The Balaban J connectivity index is 2.45. The van der Waals surface area contributed by atoms with Crippen LogP contribution in [-0.2, 0) is 0 Å². The van der Waals surface area contributed by atoms with Gasteiger partial charge in [-0.05, 0) is 30.3 Å². The molecular formula is C13H6Br2F2N2. The molecule has 0 bridgehead atoms. The summed E-state index contributed by atoms with van der Waals surface area (Å²) in [5, 5.41) is 11.6. The fraction of sp³-hybridized carbons (Fsp3) is 0. The van der Waals surface area contributed by atoms with Crippen molar-refractivity contribution in [1.82, 2.24) is 0 Å². The van der Waals surface area contributed by atoms with Gasteiger partial charge in [0.15, 0.2) is 11.6 Å². The molecule has 0 heterocycles. The molecule has 0 fully saturated rings. The first-order valence-electron chi connectivity index (χ1n) is 5.12. The Labute approximate surface area is 125 Å². The van der Waals surface area contributed by atoms with E-state index in [2.05, 4.69) is 37.2 Å². The molecule has 1 N–H and O–H groups in total. The Bertz CT molecular complexity index is 658. The van der Waals surface area contributed by atoms with Crippen LogP contribution in [-0.4, -0.2) is 0 Å². The standard InChI is InChI=1S/C13H6Br2F2N2/c14-8-1-2-12(7(3-8)6-18)19-13-10(16)4-9(15)5-11(13)17/h1-5,19H. The Morgan fingerprint density at radius 2 is 1.63 bits per heavy atom. The molecule has 0 aliphatic carbocycles. The van der Waals surface area contributed by atoms with Crippen molar-refractivity contribution in [2.24, 2.45) is 0 Å². The first-order valence-corrected chi connectivity index (χ1v) is 6.71. The van der Waals surface area contributed by atoms with Gasteiger partial charge in [0, 0.05) is 8.95 Å². The van der Waals surface area contributed by atoms with Gasteiger partial charge in [-0.2, -0.15) is 5.26 Å². The number of halogens is 4. The minimum atomic E-state index is -0.737. The van der Waals surface area contributed by atoms with Crippen molar-refractivity contribution in [3.05, 3.63) is 56.5 Å². The summed E-state index contributed by atoms with van der Waals surface area (Å²) in [7, 11) is 0. The first-order chi connectivity index (χ1) is 9.01. The number of hydrogen-bond donors (Lipinski definition) is 1. The Morgan fingerprint density at radius 1 is 1.00 bits per heavy atom. The van der Waals surface area contributed by atoms with Gasteiger partial charge in [0.25, 0.3) is 0 Å². The largest absolute Gasteiger partial charge is 0.350 e. The number of rotatable bonds is 2. The summed E-state index contributed by atoms with van der Waals surface area (Å²) in [6.45, 7) is 0. The number of benzene rings is 2. The van der Waals surface area contributed by atoms with Crippen LogP contribution in [0.15, 0.2) is 39.3 Å². The molecule has 0 radical (unpaired) electrons. The van der Waals surface area contributed by atoms with Crippen LogP contribution in [0.3, 0.4) is 0 Å². The first kappa shape index (κ1) is 14.0. The predicted molar refractivity (Wildman–Crippen MR) is 76.2 cm³/mol. The molecule has 19 heavy (non-hydrogen) atoms. The zero-order valence-electron chi connectivity index (χ0n) is 9.35. The van der Waals surface area contributed by atoms with Crippen molar-refractivity contribution >= 4 is 43.2 Å².